The van der Waals surface area contributed by atoms with Crippen LogP contribution in [0, 0.1) is 0 Å². The molecule has 0 aliphatic carbocycles. The van der Waals surface area contributed by atoms with Crippen LogP contribution < -0.4 is 0 Å². The first kappa shape index (κ1) is 14.1. The molecule has 0 N–H and O–H groups in total. The van der Waals surface area contributed by atoms with Gasteiger partial charge in [-0.2, -0.15) is 0 Å². The number of rotatable bonds is 2. The van der Waals surface area contributed by atoms with Crippen molar-refractivity contribution in [1.29, 1.82) is 0 Å². The van der Waals surface area contributed by atoms with Gasteiger partial charge in [0.2, 0.25) is 0 Å². The van der Waals surface area contributed by atoms with E-state index in [1.165, 1.54) is 12.1 Å². The van der Waals surface area contributed by atoms with E-state index in [1.807, 2.05) is 4.57 Å². The Morgan fingerprint density at radius 3 is 2.21 bits per heavy atom. The summed E-state index contributed by atoms with van der Waals surface area (Å²) in [7, 11) is 1.62. The van der Waals surface area contributed by atoms with Gasteiger partial charge >= 0.3 is 0 Å². The summed E-state index contributed by atoms with van der Waals surface area (Å²) in [6, 6.07) is 6.46. The molecule has 1 heterocycles. The molecular weight excluding hydrogens is 284 g/mol. The van der Waals surface area contributed by atoms with E-state index >= 15 is 0 Å². The SMILES string of the molecule is CC(C)(C)n1cncc1-c1ccc(S(=O)(=O)Cl)cc1. The normalized spacial score (nSPS) is 12.6. The molecule has 1 aromatic carbocycles. The Kier molecular flexibility index (Phi) is 3.45. The van der Waals surface area contributed by atoms with E-state index in [-0.39, 0.29) is 10.4 Å². The van der Waals surface area contributed by atoms with E-state index in [0.717, 1.165) is 11.3 Å². The summed E-state index contributed by atoms with van der Waals surface area (Å²) in [6.45, 7) is 6.24. The van der Waals surface area contributed by atoms with Crippen molar-refractivity contribution >= 4 is 19.7 Å². The zero-order valence-electron chi connectivity index (χ0n) is 11.0. The van der Waals surface area contributed by atoms with Crippen LogP contribution in [0.15, 0.2) is 41.7 Å². The number of halogens is 1. The van der Waals surface area contributed by atoms with Crippen LogP contribution in [0.3, 0.4) is 0 Å². The summed E-state index contributed by atoms with van der Waals surface area (Å²) in [4.78, 5) is 4.25. The average Bonchev–Trinajstić information content (AvgIpc) is 2.76. The lowest BCUT2D eigenvalue weighted by molar-refractivity contribution is 0.400. The van der Waals surface area contributed by atoms with Crippen LogP contribution in [0.1, 0.15) is 20.8 Å². The Morgan fingerprint density at radius 1 is 1.16 bits per heavy atom. The van der Waals surface area contributed by atoms with Crippen molar-refractivity contribution < 1.29 is 8.42 Å². The minimum atomic E-state index is -3.68. The minimum absolute atomic E-state index is 0.0942. The summed E-state index contributed by atoms with van der Waals surface area (Å²) >= 11 is 0. The zero-order chi connectivity index (χ0) is 14.3. The van der Waals surface area contributed by atoms with Crippen molar-refractivity contribution in [2.45, 2.75) is 31.2 Å². The third kappa shape index (κ3) is 2.98. The monoisotopic (exact) mass is 298 g/mol. The second-order valence-electron chi connectivity index (χ2n) is 5.28. The van der Waals surface area contributed by atoms with Crippen LogP contribution in [0.2, 0.25) is 0 Å². The molecule has 1 aromatic heterocycles. The Bertz CT molecular complexity index is 682. The molecule has 19 heavy (non-hydrogen) atoms. The van der Waals surface area contributed by atoms with Gasteiger partial charge in [-0.3, -0.25) is 0 Å². The van der Waals surface area contributed by atoms with Crippen molar-refractivity contribution in [3.8, 4) is 11.3 Å². The van der Waals surface area contributed by atoms with Crippen LogP contribution in [-0.4, -0.2) is 18.0 Å². The molecule has 0 saturated carbocycles. The highest BCUT2D eigenvalue weighted by Gasteiger charge is 2.17. The summed E-state index contributed by atoms with van der Waals surface area (Å²) in [6.07, 6.45) is 3.52. The average molecular weight is 299 g/mol. The quantitative estimate of drug-likeness (QED) is 0.800. The van der Waals surface area contributed by atoms with Gasteiger partial charge in [-0.25, -0.2) is 13.4 Å². The number of nitrogens with zero attached hydrogens (tertiary/aromatic N) is 2. The second-order valence-corrected chi connectivity index (χ2v) is 7.85. The number of imidazole rings is 1. The molecule has 0 fully saturated rings. The highest BCUT2D eigenvalue weighted by atomic mass is 35.7. The van der Waals surface area contributed by atoms with Crippen molar-refractivity contribution in [2.75, 3.05) is 0 Å². The maximum Gasteiger partial charge on any atom is 0.261 e. The van der Waals surface area contributed by atoms with Crippen LogP contribution in [0.5, 0.6) is 0 Å². The van der Waals surface area contributed by atoms with E-state index in [4.69, 9.17) is 10.7 Å². The maximum absolute atomic E-state index is 11.2. The Hall–Kier alpha value is -1.33. The maximum atomic E-state index is 11.2. The molecule has 0 atom stereocenters. The highest BCUT2D eigenvalue weighted by molar-refractivity contribution is 8.13. The second kappa shape index (κ2) is 4.65. The molecular formula is C13H15ClN2O2S. The predicted molar refractivity (Wildman–Crippen MR) is 75.7 cm³/mol. The number of hydrogen-bond acceptors (Lipinski definition) is 3. The molecule has 0 radical (unpaired) electrons. The van der Waals surface area contributed by atoms with E-state index in [1.54, 1.807) is 24.7 Å². The molecule has 0 saturated heterocycles. The first-order chi connectivity index (χ1) is 8.69. The van der Waals surface area contributed by atoms with Crippen molar-refractivity contribution in [1.82, 2.24) is 9.55 Å². The summed E-state index contributed by atoms with van der Waals surface area (Å²) < 4.78 is 24.4. The van der Waals surface area contributed by atoms with Gasteiger partial charge < -0.3 is 4.57 Å². The fourth-order valence-corrected chi connectivity index (χ4v) is 2.60. The lowest BCUT2D eigenvalue weighted by Gasteiger charge is -2.23. The molecule has 0 bridgehead atoms. The lowest BCUT2D eigenvalue weighted by atomic mass is 10.1. The third-order valence-electron chi connectivity index (χ3n) is 2.79. The van der Waals surface area contributed by atoms with Crippen LogP contribution in [0.25, 0.3) is 11.3 Å². The van der Waals surface area contributed by atoms with Crippen LogP contribution in [-0.2, 0) is 14.6 Å². The van der Waals surface area contributed by atoms with Gasteiger partial charge in [-0.1, -0.05) is 12.1 Å². The third-order valence-corrected chi connectivity index (χ3v) is 4.16. The first-order valence-corrected chi connectivity index (χ1v) is 8.08. The van der Waals surface area contributed by atoms with Gasteiger partial charge in [0.15, 0.2) is 0 Å². The van der Waals surface area contributed by atoms with Crippen LogP contribution >= 0.6 is 10.7 Å². The topological polar surface area (TPSA) is 52.0 Å². The number of hydrogen-bond donors (Lipinski definition) is 0. The molecule has 0 unspecified atom stereocenters. The largest absolute Gasteiger partial charge is 0.325 e. The molecule has 0 spiro atoms. The first-order valence-electron chi connectivity index (χ1n) is 5.77. The summed E-state index contributed by atoms with van der Waals surface area (Å²) in [5, 5.41) is 0. The van der Waals surface area contributed by atoms with Crippen LogP contribution in [0.4, 0.5) is 0 Å². The van der Waals surface area contributed by atoms with Crippen molar-refractivity contribution in [3.63, 3.8) is 0 Å². The van der Waals surface area contributed by atoms with E-state index in [9.17, 15) is 8.42 Å². The van der Waals surface area contributed by atoms with Crippen molar-refractivity contribution in [2.24, 2.45) is 0 Å². The highest BCUT2D eigenvalue weighted by Crippen LogP contribution is 2.27. The van der Waals surface area contributed by atoms with Gasteiger partial charge in [0.25, 0.3) is 9.05 Å². The lowest BCUT2D eigenvalue weighted by Crippen LogP contribution is -2.21. The molecule has 4 nitrogen and oxygen atoms in total. The minimum Gasteiger partial charge on any atom is -0.325 e. The predicted octanol–water partition coefficient (Wildman–Crippen LogP) is 3.23. The Morgan fingerprint density at radius 2 is 1.74 bits per heavy atom. The Balaban J connectivity index is 2.47. The Labute approximate surface area is 117 Å². The molecule has 0 aliphatic rings. The molecule has 0 aliphatic heterocycles. The van der Waals surface area contributed by atoms with Crippen molar-refractivity contribution in [3.05, 3.63) is 36.8 Å². The standard InChI is InChI=1S/C13H15ClN2O2S/c1-13(2,3)16-9-15-8-12(16)10-4-6-11(7-5-10)19(14,17)18/h4-9H,1-3H3. The van der Waals surface area contributed by atoms with E-state index in [0.29, 0.717) is 0 Å². The fraction of sp³-hybridized carbons (Fsp3) is 0.308. The van der Waals surface area contributed by atoms with Gasteiger partial charge in [0.05, 0.1) is 23.1 Å². The van der Waals surface area contributed by atoms with Gasteiger partial charge in [0, 0.05) is 16.2 Å². The zero-order valence-corrected chi connectivity index (χ0v) is 12.5. The summed E-state index contributed by atoms with van der Waals surface area (Å²) in [5.41, 5.74) is 1.74. The van der Waals surface area contributed by atoms with E-state index in [2.05, 4.69) is 25.8 Å². The van der Waals surface area contributed by atoms with Gasteiger partial charge in [0.1, 0.15) is 0 Å². The molecule has 2 aromatic rings. The summed E-state index contributed by atoms with van der Waals surface area (Å²) in [5.74, 6) is 0. The number of aromatic nitrogens is 2. The fourth-order valence-electron chi connectivity index (χ4n) is 1.83. The molecule has 102 valence electrons. The molecule has 6 heteroatoms. The van der Waals surface area contributed by atoms with Gasteiger partial charge in [-0.15, -0.1) is 0 Å². The number of benzene rings is 1. The smallest absolute Gasteiger partial charge is 0.261 e. The van der Waals surface area contributed by atoms with Gasteiger partial charge in [-0.05, 0) is 38.5 Å². The van der Waals surface area contributed by atoms with E-state index < -0.39 is 9.05 Å². The molecule has 2 rings (SSSR count). The molecule has 0 amide bonds.